The molecule has 0 saturated heterocycles. The Balaban J connectivity index is 3.27. The van der Waals surface area contributed by atoms with Crippen LogP contribution in [0.1, 0.15) is 11.1 Å². The molecule has 1 aromatic rings. The van der Waals surface area contributed by atoms with Gasteiger partial charge >= 0.3 is 0 Å². The zero-order valence-electron chi connectivity index (χ0n) is 8.25. The van der Waals surface area contributed by atoms with Gasteiger partial charge < -0.3 is 4.74 Å². The molecule has 3 nitrogen and oxygen atoms in total. The van der Waals surface area contributed by atoms with Gasteiger partial charge in [0, 0.05) is 20.7 Å². The molecule has 0 radical (unpaired) electrons. The smallest absolute Gasteiger partial charge is 0.236 e. The Hall–Kier alpha value is -0.260. The van der Waals surface area contributed by atoms with Gasteiger partial charge in [-0.2, -0.15) is 0 Å². The first-order valence-corrected chi connectivity index (χ1v) is 7.36. The molecule has 0 atom stereocenters. The average molecular weight is 314 g/mol. The van der Waals surface area contributed by atoms with E-state index in [-0.39, 0.29) is 5.75 Å². The van der Waals surface area contributed by atoms with Gasteiger partial charge in [-0.25, -0.2) is 8.42 Å². The number of rotatable bonds is 3. The van der Waals surface area contributed by atoms with Crippen LogP contribution in [-0.2, 0) is 14.8 Å². The minimum absolute atomic E-state index is 0.238. The lowest BCUT2D eigenvalue weighted by Gasteiger charge is -2.10. The molecule has 0 N–H and O–H groups in total. The molecule has 0 saturated carbocycles. The molecule has 0 aliphatic rings. The fourth-order valence-corrected chi connectivity index (χ4v) is 2.94. The number of halogens is 2. The number of hydrogen-bond donors (Lipinski definition) is 0. The van der Waals surface area contributed by atoms with Crippen LogP contribution in [-0.4, -0.2) is 15.5 Å². The van der Waals surface area contributed by atoms with Gasteiger partial charge in [0.05, 0.1) is 12.9 Å². The van der Waals surface area contributed by atoms with Crippen molar-refractivity contribution in [3.05, 3.63) is 27.7 Å². The van der Waals surface area contributed by atoms with Crippen molar-refractivity contribution >= 4 is 35.7 Å². The van der Waals surface area contributed by atoms with Gasteiger partial charge in [-0.3, -0.25) is 0 Å². The summed E-state index contributed by atoms with van der Waals surface area (Å²) < 4.78 is 27.9. The summed E-state index contributed by atoms with van der Waals surface area (Å²) in [6.07, 6.45) is 0. The number of aryl methyl sites for hydroxylation is 1. The van der Waals surface area contributed by atoms with Gasteiger partial charge in [0.1, 0.15) is 5.75 Å². The summed E-state index contributed by atoms with van der Waals surface area (Å²) in [5.74, 6) is 0.320. The van der Waals surface area contributed by atoms with E-state index in [1.165, 1.54) is 7.11 Å². The summed E-state index contributed by atoms with van der Waals surface area (Å²) in [5.41, 5.74) is 1.42. The second-order valence-corrected chi connectivity index (χ2v) is 6.79. The molecule has 1 rings (SSSR count). The third kappa shape index (κ3) is 3.66. The molecular formula is C9H10BrClO3S. The zero-order chi connectivity index (χ0) is 11.6. The predicted octanol–water partition coefficient (Wildman–Crippen LogP) is 2.83. The molecule has 0 spiro atoms. The van der Waals surface area contributed by atoms with E-state index in [4.69, 9.17) is 15.4 Å². The van der Waals surface area contributed by atoms with Crippen molar-refractivity contribution in [1.82, 2.24) is 0 Å². The topological polar surface area (TPSA) is 43.4 Å². The first-order valence-electron chi connectivity index (χ1n) is 4.09. The van der Waals surface area contributed by atoms with Crippen molar-refractivity contribution < 1.29 is 13.2 Å². The SMILES string of the molecule is COc1c(C)cc(Br)cc1CS(=O)(=O)Cl. The van der Waals surface area contributed by atoms with Gasteiger partial charge in [0.25, 0.3) is 0 Å². The van der Waals surface area contributed by atoms with Crippen LogP contribution in [0.4, 0.5) is 0 Å². The molecule has 0 amide bonds. The number of ether oxygens (including phenoxy) is 1. The Morgan fingerprint density at radius 3 is 2.53 bits per heavy atom. The molecule has 15 heavy (non-hydrogen) atoms. The lowest BCUT2D eigenvalue weighted by Crippen LogP contribution is -2.00. The van der Waals surface area contributed by atoms with Crippen molar-refractivity contribution in [3.8, 4) is 5.75 Å². The normalized spacial score (nSPS) is 11.5. The average Bonchev–Trinajstić information content (AvgIpc) is 1.99. The summed E-state index contributed by atoms with van der Waals surface area (Å²) in [7, 11) is 3.13. The monoisotopic (exact) mass is 312 g/mol. The zero-order valence-corrected chi connectivity index (χ0v) is 11.4. The van der Waals surface area contributed by atoms with Crippen LogP contribution in [0.3, 0.4) is 0 Å². The summed E-state index contributed by atoms with van der Waals surface area (Å²) in [4.78, 5) is 0. The van der Waals surface area contributed by atoms with Crippen LogP contribution in [0.2, 0.25) is 0 Å². The molecule has 0 bridgehead atoms. The van der Waals surface area contributed by atoms with Gasteiger partial charge in [0.15, 0.2) is 0 Å². The van der Waals surface area contributed by atoms with Crippen molar-refractivity contribution in [1.29, 1.82) is 0 Å². The highest BCUT2D eigenvalue weighted by Crippen LogP contribution is 2.29. The van der Waals surface area contributed by atoms with Crippen molar-refractivity contribution in [3.63, 3.8) is 0 Å². The second kappa shape index (κ2) is 4.72. The number of methoxy groups -OCH3 is 1. The molecule has 84 valence electrons. The minimum Gasteiger partial charge on any atom is -0.496 e. The maximum Gasteiger partial charge on any atom is 0.236 e. The van der Waals surface area contributed by atoms with E-state index in [1.54, 1.807) is 6.07 Å². The second-order valence-electron chi connectivity index (χ2n) is 3.10. The lowest BCUT2D eigenvalue weighted by atomic mass is 10.1. The van der Waals surface area contributed by atoms with Crippen LogP contribution >= 0.6 is 26.6 Å². The predicted molar refractivity (Wildman–Crippen MR) is 63.9 cm³/mol. The fraction of sp³-hybridized carbons (Fsp3) is 0.333. The lowest BCUT2D eigenvalue weighted by molar-refractivity contribution is 0.408. The highest BCUT2D eigenvalue weighted by Gasteiger charge is 2.14. The Morgan fingerprint density at radius 2 is 2.07 bits per heavy atom. The molecule has 0 aliphatic heterocycles. The van der Waals surface area contributed by atoms with Crippen LogP contribution in [0.5, 0.6) is 5.75 Å². The van der Waals surface area contributed by atoms with Gasteiger partial charge in [-0.15, -0.1) is 0 Å². The van der Waals surface area contributed by atoms with Gasteiger partial charge in [0.2, 0.25) is 9.05 Å². The summed E-state index contributed by atoms with van der Waals surface area (Å²) in [5, 5.41) is 0. The number of hydrogen-bond acceptors (Lipinski definition) is 3. The quantitative estimate of drug-likeness (QED) is 0.806. The highest BCUT2D eigenvalue weighted by atomic mass is 79.9. The van der Waals surface area contributed by atoms with E-state index in [9.17, 15) is 8.42 Å². The summed E-state index contributed by atoms with van der Waals surface area (Å²) >= 11 is 3.29. The largest absolute Gasteiger partial charge is 0.496 e. The molecule has 0 fully saturated rings. The highest BCUT2D eigenvalue weighted by molar-refractivity contribution is 9.10. The Bertz CT molecular complexity index is 470. The minimum atomic E-state index is -3.57. The molecule has 6 heteroatoms. The van der Waals surface area contributed by atoms with Crippen molar-refractivity contribution in [2.75, 3.05) is 7.11 Å². The van der Waals surface area contributed by atoms with Crippen LogP contribution in [0.15, 0.2) is 16.6 Å². The first-order chi connectivity index (χ1) is 6.83. The standard InChI is InChI=1S/C9H10BrClO3S/c1-6-3-8(10)4-7(9(6)14-2)5-15(11,12)13/h3-4H,5H2,1-2H3. The van der Waals surface area contributed by atoms with Crippen LogP contribution < -0.4 is 4.74 Å². The maximum absolute atomic E-state index is 11.0. The van der Waals surface area contributed by atoms with Crippen LogP contribution in [0, 0.1) is 6.92 Å². The van der Waals surface area contributed by atoms with Crippen LogP contribution in [0.25, 0.3) is 0 Å². The summed E-state index contributed by atoms with van der Waals surface area (Å²) in [6, 6.07) is 3.54. The van der Waals surface area contributed by atoms with E-state index in [1.807, 2.05) is 13.0 Å². The van der Waals surface area contributed by atoms with E-state index in [2.05, 4.69) is 15.9 Å². The fourth-order valence-electron chi connectivity index (χ4n) is 1.38. The molecule has 0 unspecified atom stereocenters. The first kappa shape index (κ1) is 12.8. The molecule has 1 aromatic carbocycles. The van der Waals surface area contributed by atoms with E-state index < -0.39 is 9.05 Å². The van der Waals surface area contributed by atoms with Crippen molar-refractivity contribution in [2.45, 2.75) is 12.7 Å². The number of benzene rings is 1. The third-order valence-electron chi connectivity index (χ3n) is 1.85. The Kier molecular flexibility index (Phi) is 4.03. The molecule has 0 aromatic heterocycles. The van der Waals surface area contributed by atoms with Gasteiger partial charge in [-0.1, -0.05) is 15.9 Å². The molecule has 0 heterocycles. The molecule has 0 aliphatic carbocycles. The van der Waals surface area contributed by atoms with E-state index >= 15 is 0 Å². The van der Waals surface area contributed by atoms with Crippen molar-refractivity contribution in [2.24, 2.45) is 0 Å². The van der Waals surface area contributed by atoms with Gasteiger partial charge in [-0.05, 0) is 24.6 Å². The summed E-state index contributed by atoms with van der Waals surface area (Å²) in [6.45, 7) is 1.84. The Morgan fingerprint density at radius 1 is 1.47 bits per heavy atom. The Labute approximate surface area is 102 Å². The molecular weight excluding hydrogens is 304 g/mol. The third-order valence-corrected chi connectivity index (χ3v) is 3.29. The van der Waals surface area contributed by atoms with E-state index in [0.717, 1.165) is 10.0 Å². The maximum atomic E-state index is 11.0. The van der Waals surface area contributed by atoms with E-state index in [0.29, 0.717) is 11.3 Å².